The van der Waals surface area contributed by atoms with E-state index in [4.69, 9.17) is 4.98 Å². The molecule has 3 aromatic heterocycles. The van der Waals surface area contributed by atoms with E-state index >= 15 is 0 Å². The molecule has 34 heavy (non-hydrogen) atoms. The number of anilines is 1. The van der Waals surface area contributed by atoms with E-state index in [1.807, 2.05) is 17.6 Å². The normalized spacial score (nSPS) is 15.9. The molecule has 176 valence electrons. The quantitative estimate of drug-likeness (QED) is 0.584. The first kappa shape index (κ1) is 22.3. The van der Waals surface area contributed by atoms with Crippen LogP contribution in [0.1, 0.15) is 64.5 Å². The van der Waals surface area contributed by atoms with Gasteiger partial charge < -0.3 is 14.8 Å². The number of aromatic nitrogens is 4. The predicted molar refractivity (Wildman–Crippen MR) is 129 cm³/mol. The van der Waals surface area contributed by atoms with Crippen LogP contribution < -0.4 is 5.32 Å². The molecular formula is C26H30N6O2. The minimum atomic E-state index is -0.357. The summed E-state index contributed by atoms with van der Waals surface area (Å²) in [4.78, 5) is 40.6. The van der Waals surface area contributed by atoms with Gasteiger partial charge in [0, 0.05) is 55.9 Å². The summed E-state index contributed by atoms with van der Waals surface area (Å²) in [5.74, 6) is 1.66. The molecule has 0 fully saturated rings. The van der Waals surface area contributed by atoms with E-state index in [2.05, 4.69) is 33.6 Å². The van der Waals surface area contributed by atoms with Crippen LogP contribution in [-0.2, 0) is 30.6 Å². The van der Waals surface area contributed by atoms with Gasteiger partial charge in [-0.3, -0.25) is 9.59 Å². The Hall–Kier alpha value is -3.55. The molecule has 1 unspecified atom stereocenters. The number of fused-ring (bicyclic) bond motifs is 2. The molecule has 1 atom stereocenters. The van der Waals surface area contributed by atoms with Gasteiger partial charge in [0.25, 0.3) is 5.91 Å². The summed E-state index contributed by atoms with van der Waals surface area (Å²) in [6.45, 7) is 5.60. The highest BCUT2D eigenvalue weighted by molar-refractivity contribution is 5.94. The van der Waals surface area contributed by atoms with Crippen molar-refractivity contribution in [3.63, 3.8) is 0 Å². The second-order valence-electron chi connectivity index (χ2n) is 9.25. The van der Waals surface area contributed by atoms with Gasteiger partial charge in [-0.05, 0) is 62.8 Å². The smallest absolute Gasteiger partial charge is 0.271 e. The summed E-state index contributed by atoms with van der Waals surface area (Å²) in [5.41, 5.74) is 4.94. The Morgan fingerprint density at radius 2 is 2.00 bits per heavy atom. The highest BCUT2D eigenvalue weighted by atomic mass is 16.2. The fraction of sp³-hybridized carbons (Fsp3) is 0.423. The number of amides is 1. The molecule has 0 spiro atoms. The first-order chi connectivity index (χ1) is 16.5. The zero-order chi connectivity index (χ0) is 23.7. The van der Waals surface area contributed by atoms with Gasteiger partial charge in [-0.25, -0.2) is 15.0 Å². The third-order valence-corrected chi connectivity index (χ3v) is 6.68. The Kier molecular flexibility index (Phi) is 6.13. The number of nitrogens with one attached hydrogen (secondary N) is 1. The summed E-state index contributed by atoms with van der Waals surface area (Å²) in [5, 5.41) is 3.39. The number of ketones is 1. The van der Waals surface area contributed by atoms with Crippen molar-refractivity contribution in [2.75, 3.05) is 18.4 Å². The predicted octanol–water partition coefficient (Wildman–Crippen LogP) is 3.30. The van der Waals surface area contributed by atoms with Crippen LogP contribution in [0.4, 0.5) is 5.82 Å². The fourth-order valence-corrected chi connectivity index (χ4v) is 4.87. The molecule has 0 saturated heterocycles. The van der Waals surface area contributed by atoms with Crippen LogP contribution in [0.5, 0.6) is 0 Å². The van der Waals surface area contributed by atoms with Crippen LogP contribution in [0.2, 0.25) is 0 Å². The maximum Gasteiger partial charge on any atom is 0.271 e. The molecule has 0 aliphatic carbocycles. The van der Waals surface area contributed by atoms with Crippen LogP contribution in [0.15, 0.2) is 36.8 Å². The standard InChI is InChI=1S/C26H30N6O2/c1-17(33)12-23(21-14-28-18(2)29-15-21)32-11-10-31-16-19(13-24(31)26(32)34)5-7-22-8-6-20-4-3-9-27-25(20)30-22/h6,8,13-16,23H,3-5,7,9-12H2,1-2H3,(H,27,30). The van der Waals surface area contributed by atoms with Crippen molar-refractivity contribution in [1.29, 1.82) is 0 Å². The maximum atomic E-state index is 13.5. The highest BCUT2D eigenvalue weighted by Crippen LogP contribution is 2.29. The summed E-state index contributed by atoms with van der Waals surface area (Å²) >= 11 is 0. The molecule has 5 heterocycles. The van der Waals surface area contributed by atoms with Crippen molar-refractivity contribution in [3.05, 3.63) is 70.7 Å². The number of aryl methyl sites for hydroxylation is 4. The van der Waals surface area contributed by atoms with Gasteiger partial charge in [-0.2, -0.15) is 0 Å². The van der Waals surface area contributed by atoms with Crippen LogP contribution in [0.3, 0.4) is 0 Å². The molecule has 5 rings (SSSR count). The lowest BCUT2D eigenvalue weighted by molar-refractivity contribution is -0.118. The fourth-order valence-electron chi connectivity index (χ4n) is 4.87. The Labute approximate surface area is 199 Å². The molecular weight excluding hydrogens is 428 g/mol. The monoisotopic (exact) mass is 458 g/mol. The van der Waals surface area contributed by atoms with Crippen molar-refractivity contribution >= 4 is 17.5 Å². The van der Waals surface area contributed by atoms with Crippen molar-refractivity contribution in [2.45, 2.75) is 58.5 Å². The first-order valence-corrected chi connectivity index (χ1v) is 12.0. The van der Waals surface area contributed by atoms with Gasteiger partial charge >= 0.3 is 0 Å². The van der Waals surface area contributed by atoms with Gasteiger partial charge in [0.05, 0.1) is 6.04 Å². The molecule has 2 aliphatic rings. The van der Waals surface area contributed by atoms with Crippen LogP contribution in [-0.4, -0.2) is 49.2 Å². The van der Waals surface area contributed by atoms with Crippen LogP contribution >= 0.6 is 0 Å². The third-order valence-electron chi connectivity index (χ3n) is 6.68. The first-order valence-electron chi connectivity index (χ1n) is 12.0. The number of carbonyl (C=O) groups excluding carboxylic acids is 2. The van der Waals surface area contributed by atoms with Gasteiger partial charge in [-0.1, -0.05) is 6.07 Å². The zero-order valence-corrected chi connectivity index (χ0v) is 19.8. The number of hydrogen-bond acceptors (Lipinski definition) is 6. The number of hydrogen-bond donors (Lipinski definition) is 1. The number of Topliss-reactive ketones (excluding diaryl/α,β-unsaturated/α-hetero) is 1. The molecule has 1 N–H and O–H groups in total. The molecule has 8 heteroatoms. The number of rotatable bonds is 7. The zero-order valence-electron chi connectivity index (χ0n) is 19.8. The van der Waals surface area contributed by atoms with E-state index in [9.17, 15) is 9.59 Å². The van der Waals surface area contributed by atoms with E-state index in [1.54, 1.807) is 24.2 Å². The lowest BCUT2D eigenvalue weighted by atomic mass is 10.0. The van der Waals surface area contributed by atoms with Gasteiger partial charge in [0.1, 0.15) is 23.1 Å². The van der Waals surface area contributed by atoms with E-state index in [-0.39, 0.29) is 24.2 Å². The van der Waals surface area contributed by atoms with Crippen LogP contribution in [0.25, 0.3) is 0 Å². The summed E-state index contributed by atoms with van der Waals surface area (Å²) in [7, 11) is 0. The Morgan fingerprint density at radius 3 is 2.79 bits per heavy atom. The number of carbonyl (C=O) groups is 2. The van der Waals surface area contributed by atoms with Crippen molar-refractivity contribution < 1.29 is 9.59 Å². The molecule has 0 radical (unpaired) electrons. The lowest BCUT2D eigenvalue weighted by Gasteiger charge is -2.35. The molecule has 0 saturated carbocycles. The molecule has 1 amide bonds. The Balaban J connectivity index is 1.32. The topological polar surface area (TPSA) is 93.0 Å². The Bertz CT molecular complexity index is 1220. The SMILES string of the molecule is CC(=O)CC(c1cnc(C)nc1)N1CCn2cc(CCc3ccc4c(n3)NCCC4)cc2C1=O. The van der Waals surface area contributed by atoms with E-state index < -0.39 is 0 Å². The van der Waals surface area contributed by atoms with E-state index in [0.29, 0.717) is 24.6 Å². The Morgan fingerprint density at radius 1 is 1.18 bits per heavy atom. The van der Waals surface area contributed by atoms with Gasteiger partial charge in [-0.15, -0.1) is 0 Å². The van der Waals surface area contributed by atoms with Crippen molar-refractivity contribution in [2.24, 2.45) is 0 Å². The van der Waals surface area contributed by atoms with Gasteiger partial charge in [0.2, 0.25) is 0 Å². The molecule has 2 aliphatic heterocycles. The van der Waals surface area contributed by atoms with E-state index in [0.717, 1.165) is 54.9 Å². The lowest BCUT2D eigenvalue weighted by Crippen LogP contribution is -2.42. The summed E-state index contributed by atoms with van der Waals surface area (Å²) in [6, 6.07) is 5.93. The van der Waals surface area contributed by atoms with Gasteiger partial charge in [0.15, 0.2) is 0 Å². The van der Waals surface area contributed by atoms with Crippen molar-refractivity contribution in [1.82, 2.24) is 24.4 Å². The number of nitrogens with zero attached hydrogens (tertiary/aromatic N) is 5. The molecule has 8 nitrogen and oxygen atoms in total. The maximum absolute atomic E-state index is 13.5. The molecule has 3 aromatic rings. The summed E-state index contributed by atoms with van der Waals surface area (Å²) < 4.78 is 2.03. The number of pyridine rings is 1. The minimum Gasteiger partial charge on any atom is -0.370 e. The second-order valence-corrected chi connectivity index (χ2v) is 9.25. The second kappa shape index (κ2) is 9.37. The average Bonchev–Trinajstić information content (AvgIpc) is 3.26. The van der Waals surface area contributed by atoms with Crippen LogP contribution in [0, 0.1) is 6.92 Å². The third kappa shape index (κ3) is 4.58. The average molecular weight is 459 g/mol. The molecule has 0 bridgehead atoms. The largest absolute Gasteiger partial charge is 0.370 e. The molecule has 0 aromatic carbocycles. The summed E-state index contributed by atoms with van der Waals surface area (Å²) in [6.07, 6.45) is 9.66. The van der Waals surface area contributed by atoms with E-state index in [1.165, 1.54) is 5.56 Å². The minimum absolute atomic E-state index is 0.0343. The highest BCUT2D eigenvalue weighted by Gasteiger charge is 2.32. The van der Waals surface area contributed by atoms with Crippen molar-refractivity contribution in [3.8, 4) is 0 Å².